The Balaban J connectivity index is 2.24. The molecule has 0 unspecified atom stereocenters. The molecule has 0 bridgehead atoms. The minimum absolute atomic E-state index is 0.0171. The summed E-state index contributed by atoms with van der Waals surface area (Å²) in [7, 11) is 0. The second-order valence-corrected chi connectivity index (χ2v) is 5.36. The number of benzene rings is 1. The smallest absolute Gasteiger partial charge is 0.201 e. The third kappa shape index (κ3) is 1.60. The lowest BCUT2D eigenvalue weighted by Crippen LogP contribution is -2.37. The SMILES string of the molecule is Cc1cccc2nc(N)n(C3(C)CCOCC3)c12. The maximum atomic E-state index is 6.15. The van der Waals surface area contributed by atoms with E-state index in [0.29, 0.717) is 5.95 Å². The molecule has 0 aliphatic carbocycles. The van der Waals surface area contributed by atoms with E-state index >= 15 is 0 Å². The van der Waals surface area contributed by atoms with E-state index in [-0.39, 0.29) is 5.54 Å². The summed E-state index contributed by atoms with van der Waals surface area (Å²) in [4.78, 5) is 4.49. The molecule has 1 aromatic carbocycles. The maximum absolute atomic E-state index is 6.15. The Kier molecular flexibility index (Phi) is 2.55. The van der Waals surface area contributed by atoms with E-state index in [4.69, 9.17) is 10.5 Å². The van der Waals surface area contributed by atoms with E-state index in [2.05, 4.69) is 29.5 Å². The highest BCUT2D eigenvalue weighted by Gasteiger charge is 2.32. The van der Waals surface area contributed by atoms with Crippen LogP contribution in [-0.2, 0) is 10.3 Å². The van der Waals surface area contributed by atoms with Gasteiger partial charge in [0.1, 0.15) is 0 Å². The van der Waals surface area contributed by atoms with Crippen molar-refractivity contribution >= 4 is 17.0 Å². The number of ether oxygens (including phenoxy) is 1. The number of nitrogen functional groups attached to an aromatic ring is 1. The van der Waals surface area contributed by atoms with Gasteiger partial charge in [0.25, 0.3) is 0 Å². The number of hydrogen-bond donors (Lipinski definition) is 1. The lowest BCUT2D eigenvalue weighted by molar-refractivity contribution is 0.0320. The predicted molar refractivity (Wildman–Crippen MR) is 72.6 cm³/mol. The van der Waals surface area contributed by atoms with Crippen molar-refractivity contribution in [3.63, 3.8) is 0 Å². The molecule has 0 amide bonds. The van der Waals surface area contributed by atoms with Crippen molar-refractivity contribution in [2.75, 3.05) is 18.9 Å². The number of anilines is 1. The number of hydrogen-bond acceptors (Lipinski definition) is 3. The summed E-state index contributed by atoms with van der Waals surface area (Å²) in [5.74, 6) is 0.615. The zero-order valence-electron chi connectivity index (χ0n) is 10.9. The van der Waals surface area contributed by atoms with Crippen LogP contribution >= 0.6 is 0 Å². The topological polar surface area (TPSA) is 53.1 Å². The van der Waals surface area contributed by atoms with Gasteiger partial charge in [-0.15, -0.1) is 0 Å². The molecule has 1 fully saturated rings. The molecular formula is C14H19N3O. The molecule has 0 atom stereocenters. The van der Waals surface area contributed by atoms with Crippen LogP contribution in [0.25, 0.3) is 11.0 Å². The van der Waals surface area contributed by atoms with Gasteiger partial charge in [-0.25, -0.2) is 4.98 Å². The number of rotatable bonds is 1. The lowest BCUT2D eigenvalue weighted by Gasteiger charge is -2.36. The van der Waals surface area contributed by atoms with Gasteiger partial charge in [0.2, 0.25) is 5.95 Å². The molecule has 0 radical (unpaired) electrons. The van der Waals surface area contributed by atoms with Crippen molar-refractivity contribution in [1.29, 1.82) is 0 Å². The number of fused-ring (bicyclic) bond motifs is 1. The highest BCUT2D eigenvalue weighted by molar-refractivity contribution is 5.82. The van der Waals surface area contributed by atoms with Gasteiger partial charge in [0.05, 0.1) is 11.0 Å². The van der Waals surface area contributed by atoms with Gasteiger partial charge in [-0.1, -0.05) is 12.1 Å². The first-order chi connectivity index (χ1) is 8.62. The Labute approximate surface area is 107 Å². The van der Waals surface area contributed by atoms with Crippen molar-refractivity contribution in [2.24, 2.45) is 0 Å². The monoisotopic (exact) mass is 245 g/mol. The summed E-state index contributed by atoms with van der Waals surface area (Å²) >= 11 is 0. The summed E-state index contributed by atoms with van der Waals surface area (Å²) in [6.45, 7) is 5.95. The predicted octanol–water partition coefficient (Wildman–Crippen LogP) is 2.45. The fourth-order valence-corrected chi connectivity index (χ4v) is 2.89. The Morgan fingerprint density at radius 2 is 2.06 bits per heavy atom. The van der Waals surface area contributed by atoms with Gasteiger partial charge in [0.15, 0.2) is 0 Å². The fraction of sp³-hybridized carbons (Fsp3) is 0.500. The highest BCUT2D eigenvalue weighted by Crippen LogP contribution is 2.35. The second-order valence-electron chi connectivity index (χ2n) is 5.36. The van der Waals surface area contributed by atoms with Gasteiger partial charge < -0.3 is 15.0 Å². The first-order valence-electron chi connectivity index (χ1n) is 6.44. The molecular weight excluding hydrogens is 226 g/mol. The standard InChI is InChI=1S/C14H19N3O/c1-10-4-3-5-11-12(10)17(13(15)16-11)14(2)6-8-18-9-7-14/h3-5H,6-9H2,1-2H3,(H2,15,16). The Bertz CT molecular complexity index is 582. The minimum Gasteiger partial charge on any atom is -0.381 e. The summed E-state index contributed by atoms with van der Waals surface area (Å²) in [5.41, 5.74) is 9.55. The molecule has 1 aliphatic heterocycles. The van der Waals surface area contributed by atoms with E-state index in [1.807, 2.05) is 12.1 Å². The van der Waals surface area contributed by atoms with Crippen LogP contribution in [0.2, 0.25) is 0 Å². The molecule has 1 aliphatic rings. The molecule has 2 N–H and O–H groups in total. The molecule has 4 heteroatoms. The largest absolute Gasteiger partial charge is 0.381 e. The molecule has 0 spiro atoms. The zero-order chi connectivity index (χ0) is 12.8. The zero-order valence-corrected chi connectivity index (χ0v) is 10.9. The van der Waals surface area contributed by atoms with Crippen LogP contribution in [0.3, 0.4) is 0 Å². The average molecular weight is 245 g/mol. The van der Waals surface area contributed by atoms with Gasteiger partial charge in [-0.3, -0.25) is 0 Å². The quantitative estimate of drug-likeness (QED) is 0.839. The van der Waals surface area contributed by atoms with E-state index in [0.717, 1.165) is 31.6 Å². The number of nitrogens with zero attached hydrogens (tertiary/aromatic N) is 2. The van der Waals surface area contributed by atoms with Crippen LogP contribution in [-0.4, -0.2) is 22.8 Å². The Morgan fingerprint density at radius 1 is 1.33 bits per heavy atom. The number of imidazole rings is 1. The van der Waals surface area contributed by atoms with Gasteiger partial charge in [-0.2, -0.15) is 0 Å². The van der Waals surface area contributed by atoms with Crippen molar-refractivity contribution in [2.45, 2.75) is 32.2 Å². The molecule has 0 saturated carbocycles. The fourth-order valence-electron chi connectivity index (χ4n) is 2.89. The van der Waals surface area contributed by atoms with E-state index in [1.165, 1.54) is 11.1 Å². The molecule has 96 valence electrons. The molecule has 18 heavy (non-hydrogen) atoms. The number of nitrogens with two attached hydrogens (primary N) is 1. The minimum atomic E-state index is 0.0171. The normalized spacial score (nSPS) is 19.2. The van der Waals surface area contributed by atoms with Gasteiger partial charge in [0, 0.05) is 18.8 Å². The molecule has 3 rings (SSSR count). The number of aryl methyl sites for hydroxylation is 1. The molecule has 1 aromatic heterocycles. The summed E-state index contributed by atoms with van der Waals surface area (Å²) < 4.78 is 7.68. The van der Waals surface area contributed by atoms with Crippen LogP contribution in [0.1, 0.15) is 25.3 Å². The molecule has 1 saturated heterocycles. The Morgan fingerprint density at radius 3 is 2.78 bits per heavy atom. The Hall–Kier alpha value is -1.55. The van der Waals surface area contributed by atoms with Crippen LogP contribution in [0.15, 0.2) is 18.2 Å². The van der Waals surface area contributed by atoms with Crippen molar-refractivity contribution in [3.8, 4) is 0 Å². The van der Waals surface area contributed by atoms with E-state index < -0.39 is 0 Å². The number of para-hydroxylation sites is 1. The second kappa shape index (κ2) is 3.99. The summed E-state index contributed by atoms with van der Waals surface area (Å²) in [6.07, 6.45) is 1.97. The first kappa shape index (κ1) is 11.5. The van der Waals surface area contributed by atoms with Gasteiger partial charge in [-0.05, 0) is 38.3 Å². The molecule has 2 heterocycles. The van der Waals surface area contributed by atoms with Crippen LogP contribution < -0.4 is 5.73 Å². The molecule has 4 nitrogen and oxygen atoms in total. The highest BCUT2D eigenvalue weighted by atomic mass is 16.5. The maximum Gasteiger partial charge on any atom is 0.201 e. The summed E-state index contributed by atoms with van der Waals surface area (Å²) in [5, 5.41) is 0. The molecule has 2 aromatic rings. The van der Waals surface area contributed by atoms with Crippen LogP contribution in [0.5, 0.6) is 0 Å². The first-order valence-corrected chi connectivity index (χ1v) is 6.44. The third-order valence-corrected chi connectivity index (χ3v) is 4.01. The number of aromatic nitrogens is 2. The van der Waals surface area contributed by atoms with Crippen molar-refractivity contribution in [3.05, 3.63) is 23.8 Å². The van der Waals surface area contributed by atoms with Crippen LogP contribution in [0, 0.1) is 6.92 Å². The van der Waals surface area contributed by atoms with Crippen LogP contribution in [0.4, 0.5) is 5.95 Å². The van der Waals surface area contributed by atoms with E-state index in [1.54, 1.807) is 0 Å². The summed E-state index contributed by atoms with van der Waals surface area (Å²) in [6, 6.07) is 6.17. The van der Waals surface area contributed by atoms with Crippen molar-refractivity contribution in [1.82, 2.24) is 9.55 Å². The third-order valence-electron chi connectivity index (χ3n) is 4.01. The van der Waals surface area contributed by atoms with E-state index in [9.17, 15) is 0 Å². The van der Waals surface area contributed by atoms with Gasteiger partial charge >= 0.3 is 0 Å². The average Bonchev–Trinajstić information content (AvgIpc) is 2.68. The van der Waals surface area contributed by atoms with Crippen molar-refractivity contribution < 1.29 is 4.74 Å². The lowest BCUT2D eigenvalue weighted by atomic mass is 9.91.